The highest BCUT2D eigenvalue weighted by Gasteiger charge is 2.20. The number of nitrogens with zero attached hydrogens (tertiary/aromatic N) is 1. The zero-order valence-corrected chi connectivity index (χ0v) is 7.49. The van der Waals surface area contributed by atoms with Gasteiger partial charge in [0.1, 0.15) is 0 Å². The first kappa shape index (κ1) is 10.3. The summed E-state index contributed by atoms with van der Waals surface area (Å²) in [6, 6.07) is 0. The highest BCUT2D eigenvalue weighted by Crippen LogP contribution is 2.08. The summed E-state index contributed by atoms with van der Waals surface area (Å²) in [7, 11) is 0. The van der Waals surface area contributed by atoms with Gasteiger partial charge in [-0.2, -0.15) is 0 Å². The van der Waals surface area contributed by atoms with E-state index in [0.29, 0.717) is 18.1 Å². The molecule has 0 amide bonds. The van der Waals surface area contributed by atoms with E-state index in [1.807, 2.05) is 0 Å². The normalized spacial score (nSPS) is 18.7. The van der Waals surface area contributed by atoms with Crippen molar-refractivity contribution in [2.45, 2.75) is 25.7 Å². The Balaban J connectivity index is 2.66. The number of nitrogens with one attached hydrogen (secondary N) is 1. The van der Waals surface area contributed by atoms with Crippen molar-refractivity contribution in [2.24, 2.45) is 5.73 Å². The molecule has 0 radical (unpaired) electrons. The molecule has 78 valence electrons. The summed E-state index contributed by atoms with van der Waals surface area (Å²) in [5.41, 5.74) is 5.02. The van der Waals surface area contributed by atoms with E-state index in [-0.39, 0.29) is 12.8 Å². The topological polar surface area (TPSA) is 106 Å². The highest BCUT2D eigenvalue weighted by atomic mass is 17.0. The van der Waals surface area contributed by atoms with Gasteiger partial charge in [-0.25, -0.2) is 9.59 Å². The van der Waals surface area contributed by atoms with Gasteiger partial charge in [0.25, 0.3) is 5.96 Å². The van der Waals surface area contributed by atoms with Crippen LogP contribution in [-0.4, -0.2) is 23.1 Å². The van der Waals surface area contributed by atoms with E-state index in [2.05, 4.69) is 9.68 Å². The van der Waals surface area contributed by atoms with Crippen LogP contribution in [0.4, 0.5) is 0 Å². The molecule has 0 aromatic rings. The molecule has 0 bridgehead atoms. The lowest BCUT2D eigenvalue weighted by molar-refractivity contribution is -0.282. The lowest BCUT2D eigenvalue weighted by Crippen LogP contribution is -2.39. The van der Waals surface area contributed by atoms with Gasteiger partial charge in [-0.15, -0.1) is 0 Å². The number of rotatable bonds is 0. The maximum atomic E-state index is 11.0. The van der Waals surface area contributed by atoms with Crippen molar-refractivity contribution in [3.63, 3.8) is 0 Å². The highest BCUT2D eigenvalue weighted by molar-refractivity contribution is 5.78. The second-order valence-corrected chi connectivity index (χ2v) is 2.78. The summed E-state index contributed by atoms with van der Waals surface area (Å²) >= 11 is 0. The zero-order chi connectivity index (χ0) is 10.6. The molecule has 7 heteroatoms. The van der Waals surface area contributed by atoms with Crippen LogP contribution in [0.3, 0.4) is 0 Å². The molecule has 0 aromatic carbocycles. The smallest absolute Gasteiger partial charge is 0.336 e. The van der Waals surface area contributed by atoms with Gasteiger partial charge < -0.3 is 15.4 Å². The van der Waals surface area contributed by atoms with Crippen molar-refractivity contribution < 1.29 is 19.3 Å². The third kappa shape index (κ3) is 2.92. The first-order valence-corrected chi connectivity index (χ1v) is 4.15. The Hall–Kier alpha value is -1.79. The fourth-order valence-corrected chi connectivity index (χ4v) is 0.932. The Kier molecular flexibility index (Phi) is 3.27. The van der Waals surface area contributed by atoms with Crippen LogP contribution in [0.2, 0.25) is 0 Å². The van der Waals surface area contributed by atoms with Crippen LogP contribution in [0.25, 0.3) is 0 Å². The van der Waals surface area contributed by atoms with Crippen molar-refractivity contribution >= 4 is 17.9 Å². The van der Waals surface area contributed by atoms with E-state index < -0.39 is 17.9 Å². The fourth-order valence-electron chi connectivity index (χ4n) is 0.932. The molecule has 0 aliphatic carbocycles. The van der Waals surface area contributed by atoms with Crippen LogP contribution in [0.1, 0.15) is 25.7 Å². The van der Waals surface area contributed by atoms with Crippen LogP contribution >= 0.6 is 0 Å². The average molecular weight is 201 g/mol. The number of carbonyl (C=O) groups is 2. The number of hydrogen-bond acceptors (Lipinski definition) is 5. The summed E-state index contributed by atoms with van der Waals surface area (Å²) in [6.07, 6.45) is 1.47. The molecule has 0 atom stereocenters. The van der Waals surface area contributed by atoms with Crippen molar-refractivity contribution in [1.82, 2.24) is 5.23 Å². The minimum Gasteiger partial charge on any atom is -0.365 e. The van der Waals surface area contributed by atoms with E-state index in [1.165, 1.54) is 0 Å². The first-order chi connectivity index (χ1) is 6.59. The largest absolute Gasteiger partial charge is 0.365 e. The molecule has 0 saturated carbocycles. The molecule has 1 rings (SSSR count). The Bertz CT molecular complexity index is 246. The lowest BCUT2D eigenvalue weighted by atomic mass is 10.2. The first-order valence-electron chi connectivity index (χ1n) is 4.15. The lowest BCUT2D eigenvalue weighted by Gasteiger charge is -2.17. The minimum atomic E-state index is -0.645. The summed E-state index contributed by atoms with van der Waals surface area (Å²) < 4.78 is 0. The summed E-state index contributed by atoms with van der Waals surface area (Å²) in [5.74, 6) is -1.79. The molecule has 7 nitrogen and oxygen atoms in total. The van der Waals surface area contributed by atoms with Gasteiger partial charge in [-0.3, -0.25) is 5.41 Å². The molecule has 0 unspecified atom stereocenters. The average Bonchev–Trinajstić information content (AvgIpc) is 2.17. The third-order valence-electron chi connectivity index (χ3n) is 1.58. The third-order valence-corrected chi connectivity index (χ3v) is 1.58. The van der Waals surface area contributed by atoms with Gasteiger partial charge in [0.15, 0.2) is 0 Å². The number of guanidine groups is 1. The molecule has 1 heterocycles. The molecular weight excluding hydrogens is 190 g/mol. The minimum absolute atomic E-state index is 0.181. The maximum Gasteiger partial charge on any atom is 0.336 e. The Labute approximate surface area is 80.2 Å². The zero-order valence-electron chi connectivity index (χ0n) is 7.49. The molecule has 14 heavy (non-hydrogen) atoms. The molecule has 0 spiro atoms. The van der Waals surface area contributed by atoms with Gasteiger partial charge in [0.2, 0.25) is 0 Å². The molecular formula is C7H11N3O4. The van der Waals surface area contributed by atoms with E-state index in [9.17, 15) is 9.59 Å². The van der Waals surface area contributed by atoms with E-state index in [4.69, 9.17) is 11.1 Å². The molecule has 1 aliphatic rings. The van der Waals surface area contributed by atoms with Gasteiger partial charge in [-0.1, -0.05) is 0 Å². The Morgan fingerprint density at radius 2 is 1.64 bits per heavy atom. The van der Waals surface area contributed by atoms with Crippen molar-refractivity contribution in [1.29, 1.82) is 5.41 Å². The second-order valence-electron chi connectivity index (χ2n) is 2.78. The summed E-state index contributed by atoms with van der Waals surface area (Å²) in [5, 5.41) is 7.29. The van der Waals surface area contributed by atoms with E-state index in [0.717, 1.165) is 0 Å². The van der Waals surface area contributed by atoms with Crippen LogP contribution < -0.4 is 5.73 Å². The molecule has 1 aliphatic heterocycles. The molecule has 1 fully saturated rings. The number of nitrogens with two attached hydrogens (primary N) is 1. The number of hydrogen-bond donors (Lipinski definition) is 2. The standard InChI is InChI=1S/C7H11N3O4/c8-7(9)10-13-5(11)3-1-2-4-6(12)14-10/h1-4H2,(H3,8,9). The van der Waals surface area contributed by atoms with Gasteiger partial charge in [-0.05, 0) is 12.8 Å². The van der Waals surface area contributed by atoms with Crippen molar-refractivity contribution in [3.05, 3.63) is 0 Å². The van der Waals surface area contributed by atoms with Crippen LogP contribution in [-0.2, 0) is 19.3 Å². The fraction of sp³-hybridized carbons (Fsp3) is 0.571. The predicted octanol–water partition coefficient (Wildman–Crippen LogP) is -0.328. The number of hydroxylamine groups is 2. The van der Waals surface area contributed by atoms with Gasteiger partial charge in [0, 0.05) is 18.1 Å². The van der Waals surface area contributed by atoms with Crippen LogP contribution in [0.15, 0.2) is 0 Å². The SMILES string of the molecule is N=C(N)N1OC(=O)CCCCC(=O)O1. The van der Waals surface area contributed by atoms with Gasteiger partial charge in [0.05, 0.1) is 0 Å². The summed E-state index contributed by atoms with van der Waals surface area (Å²) in [4.78, 5) is 31.0. The molecule has 0 aromatic heterocycles. The van der Waals surface area contributed by atoms with Gasteiger partial charge >= 0.3 is 11.9 Å². The maximum absolute atomic E-state index is 11.0. The molecule has 3 N–H and O–H groups in total. The van der Waals surface area contributed by atoms with Crippen LogP contribution in [0, 0.1) is 5.41 Å². The monoisotopic (exact) mass is 201 g/mol. The van der Waals surface area contributed by atoms with Crippen LogP contribution in [0.5, 0.6) is 0 Å². The number of carbonyl (C=O) groups excluding carboxylic acids is 2. The second kappa shape index (κ2) is 4.45. The predicted molar refractivity (Wildman–Crippen MR) is 44.4 cm³/mol. The van der Waals surface area contributed by atoms with E-state index >= 15 is 0 Å². The van der Waals surface area contributed by atoms with Crippen molar-refractivity contribution in [3.8, 4) is 0 Å². The quantitative estimate of drug-likeness (QED) is 0.410. The van der Waals surface area contributed by atoms with E-state index in [1.54, 1.807) is 0 Å². The Morgan fingerprint density at radius 3 is 2.00 bits per heavy atom. The Morgan fingerprint density at radius 1 is 1.21 bits per heavy atom. The summed E-state index contributed by atoms with van der Waals surface area (Å²) in [6.45, 7) is 0. The van der Waals surface area contributed by atoms with Crippen molar-refractivity contribution in [2.75, 3.05) is 0 Å². The molecule has 1 saturated heterocycles.